The molecular formula is C3H8KNO2S. The summed E-state index contributed by atoms with van der Waals surface area (Å²) in [5.74, 6) is 0.315. The summed E-state index contributed by atoms with van der Waals surface area (Å²) < 4.78 is 19.7. The molecule has 0 aromatic carbocycles. The molecule has 5 heteroatoms. The molecule has 0 bridgehead atoms. The molecule has 1 rings (SSSR count). The summed E-state index contributed by atoms with van der Waals surface area (Å²) in [6, 6.07) is 0.279. The molecule has 0 radical (unpaired) electrons. The number of thiol groups is 1. The molecule has 1 atom stereocenters. The van der Waals surface area contributed by atoms with Gasteiger partial charge in [0.25, 0.3) is 0 Å². The van der Waals surface area contributed by atoms with Crippen LogP contribution in [0.4, 0.5) is 0 Å². The summed E-state index contributed by atoms with van der Waals surface area (Å²) >= 11 is 0. The number of nitrogens with one attached hydrogen (secondary N) is 1. The molecule has 1 fully saturated rings. The average Bonchev–Trinajstić information content (AvgIpc) is 2.17. The van der Waals surface area contributed by atoms with E-state index in [9.17, 15) is 8.42 Å². The van der Waals surface area contributed by atoms with E-state index in [1.165, 1.54) is 0 Å². The minimum atomic E-state index is -2.14. The van der Waals surface area contributed by atoms with Crippen LogP contribution in [0, 0.1) is 0 Å². The summed E-state index contributed by atoms with van der Waals surface area (Å²) in [4.78, 5) is 0. The van der Waals surface area contributed by atoms with E-state index in [1.54, 1.807) is 0 Å². The van der Waals surface area contributed by atoms with E-state index in [4.69, 9.17) is 0 Å². The predicted octanol–water partition coefficient (Wildman–Crippen LogP) is -2.08. The molecule has 1 aliphatic heterocycles. The summed E-state index contributed by atoms with van der Waals surface area (Å²) in [6.45, 7) is 0.878. The SMILES string of the molecule is O=[SH](=O)CC1CN1.[KH]. The van der Waals surface area contributed by atoms with Gasteiger partial charge in [-0.15, -0.1) is 0 Å². The molecule has 1 N–H and O–H groups in total. The Kier molecular flexibility index (Phi) is 5.22. The Morgan fingerprint density at radius 1 is 1.62 bits per heavy atom. The van der Waals surface area contributed by atoms with Gasteiger partial charge in [-0.05, 0) is 0 Å². The first kappa shape index (κ1) is 9.55. The molecule has 0 aromatic heterocycles. The van der Waals surface area contributed by atoms with Crippen LogP contribution in [0.25, 0.3) is 0 Å². The van der Waals surface area contributed by atoms with Gasteiger partial charge in [0.05, 0.1) is 5.75 Å². The molecule has 1 heterocycles. The van der Waals surface area contributed by atoms with Gasteiger partial charge in [-0.2, -0.15) is 0 Å². The van der Waals surface area contributed by atoms with Crippen molar-refractivity contribution in [2.45, 2.75) is 6.04 Å². The molecule has 44 valence electrons. The first-order valence-electron chi connectivity index (χ1n) is 2.14. The summed E-state index contributed by atoms with van der Waals surface area (Å²) in [5.41, 5.74) is 0. The second-order valence-electron chi connectivity index (χ2n) is 1.62. The van der Waals surface area contributed by atoms with Crippen LogP contribution in [0.15, 0.2) is 0 Å². The van der Waals surface area contributed by atoms with Gasteiger partial charge >= 0.3 is 51.4 Å². The third-order valence-corrected chi connectivity index (χ3v) is 1.60. The van der Waals surface area contributed by atoms with Gasteiger partial charge in [0.2, 0.25) is 0 Å². The van der Waals surface area contributed by atoms with Crippen molar-refractivity contribution < 1.29 is 8.42 Å². The van der Waals surface area contributed by atoms with Crippen LogP contribution in [0.5, 0.6) is 0 Å². The molecule has 0 spiro atoms. The van der Waals surface area contributed by atoms with Crippen molar-refractivity contribution in [3.8, 4) is 0 Å². The molecule has 3 nitrogen and oxygen atoms in total. The number of rotatable bonds is 2. The minimum absolute atomic E-state index is 0. The van der Waals surface area contributed by atoms with Crippen molar-refractivity contribution in [3.63, 3.8) is 0 Å². The quantitative estimate of drug-likeness (QED) is 0.278. The molecular weight excluding hydrogens is 153 g/mol. The van der Waals surface area contributed by atoms with Gasteiger partial charge in [-0.25, -0.2) is 8.42 Å². The maximum atomic E-state index is 9.85. The van der Waals surface area contributed by atoms with Gasteiger partial charge in [-0.1, -0.05) is 0 Å². The van der Waals surface area contributed by atoms with E-state index >= 15 is 0 Å². The third-order valence-electron chi connectivity index (χ3n) is 0.862. The number of hydrogen-bond donors (Lipinski definition) is 2. The van der Waals surface area contributed by atoms with Crippen LogP contribution in [-0.4, -0.2) is 78.1 Å². The molecule has 0 saturated carbocycles. The second-order valence-corrected chi connectivity index (χ2v) is 2.65. The first-order valence-corrected chi connectivity index (χ1v) is 3.50. The zero-order valence-electron chi connectivity index (χ0n) is 3.76. The van der Waals surface area contributed by atoms with Crippen molar-refractivity contribution in [1.29, 1.82) is 0 Å². The fourth-order valence-electron chi connectivity index (χ4n) is 0.392. The molecule has 1 aliphatic rings. The van der Waals surface area contributed by atoms with E-state index in [2.05, 4.69) is 5.32 Å². The Balaban J connectivity index is 0.000000490. The van der Waals surface area contributed by atoms with Crippen molar-refractivity contribution in [1.82, 2.24) is 5.32 Å². The Labute approximate surface area is 92.6 Å². The van der Waals surface area contributed by atoms with Crippen molar-refractivity contribution >= 4 is 62.1 Å². The standard InChI is InChI=1S/C3H7NO2S.K.H/c5-7(6)2-3-1-4-3;;/h3-4,7H,1-2H2;;. The van der Waals surface area contributed by atoms with Gasteiger partial charge in [0.1, 0.15) is 10.7 Å². The Bertz CT molecular complexity index is 123. The van der Waals surface area contributed by atoms with Crippen LogP contribution in [0.2, 0.25) is 0 Å². The first-order chi connectivity index (χ1) is 3.29. The predicted molar refractivity (Wildman–Crippen MR) is 34.1 cm³/mol. The van der Waals surface area contributed by atoms with E-state index in [-0.39, 0.29) is 57.4 Å². The average molecular weight is 161 g/mol. The fraction of sp³-hybridized carbons (Fsp3) is 1.00. The normalized spacial score (nSPS) is 24.9. The van der Waals surface area contributed by atoms with Crippen molar-refractivity contribution in [3.05, 3.63) is 0 Å². The van der Waals surface area contributed by atoms with Crippen LogP contribution in [-0.2, 0) is 10.7 Å². The van der Waals surface area contributed by atoms with E-state index in [1.807, 2.05) is 0 Å². The maximum absolute atomic E-state index is 9.85. The van der Waals surface area contributed by atoms with Gasteiger partial charge in [0.15, 0.2) is 0 Å². The zero-order chi connectivity index (χ0) is 5.28. The Hall–Kier alpha value is 1.55. The van der Waals surface area contributed by atoms with Crippen LogP contribution < -0.4 is 5.32 Å². The van der Waals surface area contributed by atoms with Crippen LogP contribution in [0.1, 0.15) is 0 Å². The topological polar surface area (TPSA) is 56.1 Å². The van der Waals surface area contributed by atoms with Crippen LogP contribution in [0.3, 0.4) is 0 Å². The van der Waals surface area contributed by atoms with Gasteiger partial charge in [0, 0.05) is 12.6 Å². The molecule has 1 unspecified atom stereocenters. The Morgan fingerprint density at radius 2 is 2.12 bits per heavy atom. The third kappa shape index (κ3) is 4.43. The van der Waals surface area contributed by atoms with Crippen molar-refractivity contribution in [2.75, 3.05) is 12.3 Å². The summed E-state index contributed by atoms with van der Waals surface area (Å²) in [7, 11) is -2.14. The monoisotopic (exact) mass is 161 g/mol. The molecule has 0 amide bonds. The van der Waals surface area contributed by atoms with E-state index < -0.39 is 10.7 Å². The van der Waals surface area contributed by atoms with Crippen molar-refractivity contribution in [2.24, 2.45) is 0 Å². The summed E-state index contributed by atoms with van der Waals surface area (Å²) in [5, 5.41) is 2.88. The molecule has 0 aromatic rings. The van der Waals surface area contributed by atoms with Gasteiger partial charge in [-0.3, -0.25) is 0 Å². The molecule has 1 saturated heterocycles. The second kappa shape index (κ2) is 4.38. The van der Waals surface area contributed by atoms with E-state index in [0.29, 0.717) is 5.75 Å². The fourth-order valence-corrected chi connectivity index (χ4v) is 1.01. The van der Waals surface area contributed by atoms with Gasteiger partial charge < -0.3 is 5.32 Å². The number of hydrogen-bond acceptors (Lipinski definition) is 3. The summed E-state index contributed by atoms with van der Waals surface area (Å²) in [6.07, 6.45) is 0. The van der Waals surface area contributed by atoms with Crippen LogP contribution >= 0.6 is 0 Å². The zero-order valence-corrected chi connectivity index (χ0v) is 4.65. The Morgan fingerprint density at radius 3 is 2.25 bits per heavy atom. The van der Waals surface area contributed by atoms with E-state index in [0.717, 1.165) is 6.54 Å². The molecule has 8 heavy (non-hydrogen) atoms. The molecule has 0 aliphatic carbocycles.